The van der Waals surface area contributed by atoms with Gasteiger partial charge >= 0.3 is 17.9 Å². The van der Waals surface area contributed by atoms with Crippen LogP contribution >= 0.6 is 11.8 Å². The highest BCUT2D eigenvalue weighted by Gasteiger charge is 2.49. The maximum absolute atomic E-state index is 11.6. The maximum atomic E-state index is 11.6. The van der Waals surface area contributed by atoms with Crippen molar-refractivity contribution in [3.05, 3.63) is 0 Å². The Hall–Kier alpha value is -1.32. The van der Waals surface area contributed by atoms with Gasteiger partial charge in [-0.15, -0.1) is 11.8 Å². The van der Waals surface area contributed by atoms with Crippen molar-refractivity contribution in [2.75, 3.05) is 6.61 Å². The smallest absolute Gasteiger partial charge is 0.303 e. The first-order valence-corrected chi connectivity index (χ1v) is 10.3. The molecule has 8 nitrogen and oxygen atoms in total. The molecule has 2 aliphatic rings. The molecule has 1 aliphatic carbocycles. The molecule has 5 atom stereocenters. The molecule has 0 aromatic heterocycles. The quantitative estimate of drug-likeness (QED) is 0.521. The fourth-order valence-electron chi connectivity index (χ4n) is 3.45. The number of esters is 3. The summed E-state index contributed by atoms with van der Waals surface area (Å²) in [5.41, 5.74) is 5.90. The van der Waals surface area contributed by atoms with Gasteiger partial charge < -0.3 is 24.7 Å². The van der Waals surface area contributed by atoms with Crippen molar-refractivity contribution in [1.82, 2.24) is 0 Å². The summed E-state index contributed by atoms with van der Waals surface area (Å²) in [6, 6.07) is -0.668. The largest absolute Gasteiger partial charge is 0.463 e. The number of hydrogen-bond acceptors (Lipinski definition) is 9. The van der Waals surface area contributed by atoms with Gasteiger partial charge in [-0.2, -0.15) is 0 Å². The van der Waals surface area contributed by atoms with Crippen molar-refractivity contribution in [2.45, 2.75) is 87.9 Å². The molecule has 27 heavy (non-hydrogen) atoms. The van der Waals surface area contributed by atoms with Crippen LogP contribution in [-0.4, -0.2) is 59.6 Å². The fourth-order valence-corrected chi connectivity index (χ4v) is 4.97. The molecule has 0 aromatic rings. The van der Waals surface area contributed by atoms with Crippen LogP contribution in [-0.2, 0) is 33.3 Å². The molecule has 2 N–H and O–H groups in total. The SMILES string of the molecule is CC(=O)OC[C@H]1O[C@H](SC2CCCCC2)[C@H](N)[C@@H](OC(C)=O)[C@@H]1OC(C)=O. The Morgan fingerprint density at radius 2 is 1.56 bits per heavy atom. The summed E-state index contributed by atoms with van der Waals surface area (Å²) in [7, 11) is 0. The summed E-state index contributed by atoms with van der Waals surface area (Å²) < 4.78 is 21.9. The number of hydrogen-bond donors (Lipinski definition) is 1. The molecule has 0 radical (unpaired) electrons. The van der Waals surface area contributed by atoms with E-state index in [-0.39, 0.29) is 6.61 Å². The number of nitrogens with two attached hydrogens (primary N) is 1. The zero-order chi connectivity index (χ0) is 20.0. The standard InChI is InChI=1S/C18H29NO7S/c1-10(20)23-9-14-16(24-11(2)21)17(25-12(3)22)15(19)18(26-14)27-13-7-5-4-6-8-13/h13-18H,4-9,19H2,1-3H3/t14-,15-,16-,17-,18-/m1/s1. The Morgan fingerprint density at radius 1 is 0.963 bits per heavy atom. The van der Waals surface area contributed by atoms with Crippen molar-refractivity contribution < 1.29 is 33.3 Å². The average Bonchev–Trinajstić information content (AvgIpc) is 2.59. The van der Waals surface area contributed by atoms with Gasteiger partial charge in [-0.1, -0.05) is 19.3 Å². The van der Waals surface area contributed by atoms with Crippen LogP contribution in [0.25, 0.3) is 0 Å². The van der Waals surface area contributed by atoms with Crippen molar-refractivity contribution >= 4 is 29.7 Å². The van der Waals surface area contributed by atoms with Crippen LogP contribution in [0.15, 0.2) is 0 Å². The van der Waals surface area contributed by atoms with E-state index in [0.29, 0.717) is 5.25 Å². The van der Waals surface area contributed by atoms with Crippen LogP contribution in [0.4, 0.5) is 0 Å². The number of rotatable bonds is 6. The molecule has 0 amide bonds. The predicted molar refractivity (Wildman–Crippen MR) is 98.8 cm³/mol. The first-order chi connectivity index (χ1) is 12.8. The van der Waals surface area contributed by atoms with E-state index in [0.717, 1.165) is 12.8 Å². The van der Waals surface area contributed by atoms with Crippen LogP contribution in [0, 0.1) is 0 Å². The van der Waals surface area contributed by atoms with Crippen LogP contribution in [0.2, 0.25) is 0 Å². The van der Waals surface area contributed by atoms with Crippen LogP contribution in [0.3, 0.4) is 0 Å². The third kappa shape index (κ3) is 6.65. The predicted octanol–water partition coefficient (Wildman–Crippen LogP) is 1.53. The Kier molecular flexibility index (Phi) is 8.37. The van der Waals surface area contributed by atoms with Crippen molar-refractivity contribution in [3.63, 3.8) is 0 Å². The van der Waals surface area contributed by atoms with Crippen LogP contribution in [0.5, 0.6) is 0 Å². The van der Waals surface area contributed by atoms with Crippen molar-refractivity contribution in [2.24, 2.45) is 5.73 Å². The highest BCUT2D eigenvalue weighted by Crippen LogP contribution is 2.37. The molecule has 0 aromatic carbocycles. The van der Waals surface area contributed by atoms with E-state index in [1.165, 1.54) is 40.0 Å². The van der Waals surface area contributed by atoms with Gasteiger partial charge in [0.25, 0.3) is 0 Å². The van der Waals surface area contributed by atoms with E-state index >= 15 is 0 Å². The zero-order valence-corrected chi connectivity index (χ0v) is 16.9. The van der Waals surface area contributed by atoms with E-state index < -0.39 is 47.7 Å². The van der Waals surface area contributed by atoms with E-state index in [1.54, 1.807) is 11.8 Å². The summed E-state index contributed by atoms with van der Waals surface area (Å²) >= 11 is 1.62. The van der Waals surface area contributed by atoms with E-state index in [4.69, 9.17) is 24.7 Å². The lowest BCUT2D eigenvalue weighted by Crippen LogP contribution is -2.63. The molecule has 1 aliphatic heterocycles. The third-order valence-corrected chi connectivity index (χ3v) is 6.18. The second-order valence-corrected chi connectivity index (χ2v) is 8.37. The number of ether oxygens (including phenoxy) is 4. The van der Waals surface area contributed by atoms with Crippen LogP contribution in [0.1, 0.15) is 52.9 Å². The molecule has 0 unspecified atom stereocenters. The Morgan fingerprint density at radius 3 is 2.11 bits per heavy atom. The summed E-state index contributed by atoms with van der Waals surface area (Å²) in [6.45, 7) is 3.70. The van der Waals surface area contributed by atoms with Gasteiger partial charge in [0, 0.05) is 26.0 Å². The lowest BCUT2D eigenvalue weighted by molar-refractivity contribution is -0.209. The van der Waals surface area contributed by atoms with Crippen LogP contribution < -0.4 is 5.73 Å². The molecule has 1 saturated heterocycles. The zero-order valence-electron chi connectivity index (χ0n) is 16.1. The summed E-state index contributed by atoms with van der Waals surface area (Å²) in [4.78, 5) is 34.4. The average molecular weight is 403 g/mol. The molecule has 1 saturated carbocycles. The number of thioether (sulfide) groups is 1. The summed E-state index contributed by atoms with van der Waals surface area (Å²) in [5, 5.41) is 0.410. The van der Waals surface area contributed by atoms with E-state index in [9.17, 15) is 14.4 Å². The van der Waals surface area contributed by atoms with Gasteiger partial charge in [0.15, 0.2) is 12.2 Å². The topological polar surface area (TPSA) is 114 Å². The third-order valence-electron chi connectivity index (χ3n) is 4.63. The molecule has 9 heteroatoms. The molecule has 0 bridgehead atoms. The number of carbonyl (C=O) groups is 3. The van der Waals surface area contributed by atoms with Gasteiger partial charge in [-0.25, -0.2) is 0 Å². The lowest BCUT2D eigenvalue weighted by atomic mass is 9.98. The summed E-state index contributed by atoms with van der Waals surface area (Å²) in [6.07, 6.45) is 3.15. The maximum Gasteiger partial charge on any atom is 0.303 e. The molecular weight excluding hydrogens is 374 g/mol. The fraction of sp³-hybridized carbons (Fsp3) is 0.833. The van der Waals surface area contributed by atoms with Gasteiger partial charge in [-0.3, -0.25) is 14.4 Å². The molecule has 0 spiro atoms. The second-order valence-electron chi connectivity index (χ2n) is 6.97. The van der Waals surface area contributed by atoms with Gasteiger partial charge in [0.05, 0.1) is 6.04 Å². The van der Waals surface area contributed by atoms with E-state index in [2.05, 4.69) is 0 Å². The second kappa shape index (κ2) is 10.3. The molecular formula is C18H29NO7S. The normalized spacial score (nSPS) is 31.8. The minimum Gasteiger partial charge on any atom is -0.463 e. The minimum atomic E-state index is -0.941. The highest BCUT2D eigenvalue weighted by atomic mass is 32.2. The molecule has 2 fully saturated rings. The van der Waals surface area contributed by atoms with Crippen molar-refractivity contribution in [3.8, 4) is 0 Å². The Labute approximate surface area is 163 Å². The first-order valence-electron chi connectivity index (χ1n) is 9.32. The number of carbonyl (C=O) groups excluding carboxylic acids is 3. The Balaban J connectivity index is 2.19. The van der Waals surface area contributed by atoms with Crippen molar-refractivity contribution in [1.29, 1.82) is 0 Å². The summed E-state index contributed by atoms with van der Waals surface area (Å²) in [5.74, 6) is -1.56. The monoisotopic (exact) mass is 403 g/mol. The molecule has 2 rings (SSSR count). The lowest BCUT2D eigenvalue weighted by Gasteiger charge is -2.44. The van der Waals surface area contributed by atoms with E-state index in [1.807, 2.05) is 0 Å². The Bertz CT molecular complexity index is 538. The van der Waals surface area contributed by atoms with Gasteiger partial charge in [0.2, 0.25) is 0 Å². The van der Waals surface area contributed by atoms with Gasteiger partial charge in [-0.05, 0) is 12.8 Å². The molecule has 154 valence electrons. The first kappa shape index (κ1) is 22.0. The molecule has 1 heterocycles. The highest BCUT2D eigenvalue weighted by molar-refractivity contribution is 8.00. The van der Waals surface area contributed by atoms with Gasteiger partial charge in [0.1, 0.15) is 18.1 Å². The minimum absolute atomic E-state index is 0.112.